The Morgan fingerprint density at radius 1 is 0.633 bits per heavy atom. The summed E-state index contributed by atoms with van der Waals surface area (Å²) in [7, 11) is 0. The summed E-state index contributed by atoms with van der Waals surface area (Å²) in [5.74, 6) is 2.14. The second-order valence-electron chi connectivity index (χ2n) is 7.69. The number of hydrogen-bond donors (Lipinski definition) is 1. The van der Waals surface area contributed by atoms with Gasteiger partial charge in [-0.25, -0.2) is 4.98 Å². The third kappa shape index (κ3) is 4.90. The van der Waals surface area contributed by atoms with Gasteiger partial charge in [-0.15, -0.1) is 0 Å². The minimum Gasteiger partial charge on any atom is -0.324 e. The molecular formula is C26H26N4. The smallest absolute Gasteiger partial charge is 0.230 e. The van der Waals surface area contributed by atoms with Gasteiger partial charge in [0, 0.05) is 18.5 Å². The van der Waals surface area contributed by atoms with Crippen molar-refractivity contribution in [2.75, 3.05) is 5.32 Å². The molecule has 150 valence electrons. The Hall–Kier alpha value is -3.53. The topological polar surface area (TPSA) is 50.7 Å². The number of nitrogens with zero attached hydrogens (tertiary/aromatic N) is 3. The van der Waals surface area contributed by atoms with Crippen molar-refractivity contribution in [1.82, 2.24) is 15.0 Å². The van der Waals surface area contributed by atoms with Gasteiger partial charge in [0.1, 0.15) is 11.6 Å². The first-order valence-corrected chi connectivity index (χ1v) is 10.2. The van der Waals surface area contributed by atoms with Crippen LogP contribution in [0.15, 0.2) is 72.8 Å². The molecule has 4 rings (SSSR count). The normalized spacial score (nSPS) is 10.8. The maximum absolute atomic E-state index is 4.80. The van der Waals surface area contributed by atoms with Crippen molar-refractivity contribution in [3.05, 3.63) is 112 Å². The first kappa shape index (κ1) is 19.8. The van der Waals surface area contributed by atoms with Crippen molar-refractivity contribution in [3.8, 4) is 0 Å². The monoisotopic (exact) mass is 394 g/mol. The predicted molar refractivity (Wildman–Crippen MR) is 122 cm³/mol. The molecule has 3 aromatic carbocycles. The number of hydrogen-bond acceptors (Lipinski definition) is 4. The molecule has 4 heteroatoms. The van der Waals surface area contributed by atoms with Gasteiger partial charge in [-0.1, -0.05) is 60.7 Å². The molecule has 1 N–H and O–H groups in total. The van der Waals surface area contributed by atoms with E-state index in [2.05, 4.69) is 86.8 Å². The highest BCUT2D eigenvalue weighted by Gasteiger charge is 2.11. The first-order valence-electron chi connectivity index (χ1n) is 10.2. The summed E-state index contributed by atoms with van der Waals surface area (Å²) in [5, 5.41) is 3.36. The number of benzene rings is 3. The van der Waals surface area contributed by atoms with E-state index < -0.39 is 0 Å². The molecule has 0 bridgehead atoms. The van der Waals surface area contributed by atoms with Gasteiger partial charge in [0.15, 0.2) is 0 Å². The minimum absolute atomic E-state index is 0.586. The van der Waals surface area contributed by atoms with Gasteiger partial charge in [0.2, 0.25) is 5.95 Å². The lowest BCUT2D eigenvalue weighted by Gasteiger charge is -2.11. The number of aromatic nitrogens is 3. The van der Waals surface area contributed by atoms with Crippen LogP contribution in [-0.4, -0.2) is 15.0 Å². The largest absolute Gasteiger partial charge is 0.324 e. The molecule has 0 radical (unpaired) electrons. The Morgan fingerprint density at radius 2 is 1.20 bits per heavy atom. The van der Waals surface area contributed by atoms with E-state index in [1.165, 1.54) is 27.8 Å². The summed E-state index contributed by atoms with van der Waals surface area (Å²) < 4.78 is 0. The van der Waals surface area contributed by atoms with Crippen molar-refractivity contribution in [2.24, 2.45) is 0 Å². The fourth-order valence-corrected chi connectivity index (χ4v) is 3.49. The highest BCUT2D eigenvalue weighted by atomic mass is 15.2. The maximum Gasteiger partial charge on any atom is 0.230 e. The molecule has 1 heterocycles. The van der Waals surface area contributed by atoms with Crippen LogP contribution >= 0.6 is 0 Å². The van der Waals surface area contributed by atoms with Crippen LogP contribution in [0.4, 0.5) is 11.6 Å². The lowest BCUT2D eigenvalue weighted by atomic mass is 10.0. The number of nitrogens with one attached hydrogen (secondary N) is 1. The van der Waals surface area contributed by atoms with Gasteiger partial charge in [-0.05, 0) is 60.7 Å². The quantitative estimate of drug-likeness (QED) is 0.454. The third-order valence-electron chi connectivity index (χ3n) is 5.22. The van der Waals surface area contributed by atoms with Crippen molar-refractivity contribution in [3.63, 3.8) is 0 Å². The van der Waals surface area contributed by atoms with E-state index in [1.807, 2.05) is 12.1 Å². The molecule has 0 aliphatic carbocycles. The van der Waals surface area contributed by atoms with Crippen molar-refractivity contribution in [1.29, 1.82) is 0 Å². The molecule has 0 spiro atoms. The second-order valence-corrected chi connectivity index (χ2v) is 7.69. The van der Waals surface area contributed by atoms with Gasteiger partial charge in [-0.2, -0.15) is 9.97 Å². The lowest BCUT2D eigenvalue weighted by Crippen LogP contribution is -2.09. The van der Waals surface area contributed by atoms with E-state index >= 15 is 0 Å². The van der Waals surface area contributed by atoms with E-state index in [1.54, 1.807) is 0 Å². The molecule has 0 aliphatic heterocycles. The summed E-state index contributed by atoms with van der Waals surface area (Å²) in [4.78, 5) is 14.3. The standard InChI is InChI=1S/C26H26N4/c1-18-9-8-14-23(15-18)27-26-29-24(16-21-12-6-4-10-19(21)2)28-25(30-26)17-22-13-7-5-11-20(22)3/h4-15H,16-17H2,1-3H3,(H,27,28,29,30). The number of aryl methyl sites for hydroxylation is 3. The third-order valence-corrected chi connectivity index (χ3v) is 5.22. The average Bonchev–Trinajstić information content (AvgIpc) is 2.71. The minimum atomic E-state index is 0.586. The van der Waals surface area contributed by atoms with Crippen LogP contribution in [-0.2, 0) is 12.8 Å². The zero-order valence-electron chi connectivity index (χ0n) is 17.7. The molecule has 30 heavy (non-hydrogen) atoms. The summed E-state index contributed by atoms with van der Waals surface area (Å²) in [5.41, 5.74) is 7.11. The molecule has 0 atom stereocenters. The number of anilines is 2. The van der Waals surface area contributed by atoms with Crippen LogP contribution in [0.2, 0.25) is 0 Å². The summed E-state index contributed by atoms with van der Waals surface area (Å²) in [6.45, 7) is 6.32. The van der Waals surface area contributed by atoms with E-state index in [9.17, 15) is 0 Å². The fraction of sp³-hybridized carbons (Fsp3) is 0.192. The van der Waals surface area contributed by atoms with Crippen molar-refractivity contribution < 1.29 is 0 Å². The zero-order valence-corrected chi connectivity index (χ0v) is 17.7. The highest BCUT2D eigenvalue weighted by Crippen LogP contribution is 2.18. The van der Waals surface area contributed by atoms with Crippen LogP contribution in [0, 0.1) is 20.8 Å². The first-order chi connectivity index (χ1) is 14.6. The Balaban J connectivity index is 1.69. The average molecular weight is 395 g/mol. The van der Waals surface area contributed by atoms with Gasteiger partial charge in [-0.3, -0.25) is 0 Å². The zero-order chi connectivity index (χ0) is 20.9. The van der Waals surface area contributed by atoms with Gasteiger partial charge < -0.3 is 5.32 Å². The predicted octanol–water partition coefficient (Wildman–Crippen LogP) is 5.72. The van der Waals surface area contributed by atoms with Gasteiger partial charge in [0.25, 0.3) is 0 Å². The molecule has 0 aliphatic rings. The summed E-state index contributed by atoms with van der Waals surface area (Å²) in [6.07, 6.45) is 1.36. The second kappa shape index (κ2) is 8.87. The van der Waals surface area contributed by atoms with E-state index in [0.717, 1.165) is 17.3 Å². The van der Waals surface area contributed by atoms with E-state index in [4.69, 9.17) is 15.0 Å². The van der Waals surface area contributed by atoms with Crippen LogP contribution in [0.1, 0.15) is 39.5 Å². The summed E-state index contributed by atoms with van der Waals surface area (Å²) in [6, 6.07) is 25.0. The summed E-state index contributed by atoms with van der Waals surface area (Å²) >= 11 is 0. The Labute approximate surface area is 178 Å². The molecule has 0 fully saturated rings. The lowest BCUT2D eigenvalue weighted by molar-refractivity contribution is 0.852. The Bertz CT molecular complexity index is 1100. The van der Waals surface area contributed by atoms with Crippen LogP contribution in [0.5, 0.6) is 0 Å². The molecule has 1 aromatic heterocycles. The maximum atomic E-state index is 4.80. The Morgan fingerprint density at radius 3 is 1.73 bits per heavy atom. The van der Waals surface area contributed by atoms with E-state index in [0.29, 0.717) is 18.8 Å². The van der Waals surface area contributed by atoms with Gasteiger partial charge >= 0.3 is 0 Å². The van der Waals surface area contributed by atoms with Gasteiger partial charge in [0.05, 0.1) is 0 Å². The van der Waals surface area contributed by atoms with Crippen LogP contribution in [0.25, 0.3) is 0 Å². The molecule has 0 saturated heterocycles. The molecule has 0 saturated carbocycles. The number of rotatable bonds is 6. The Kier molecular flexibility index (Phi) is 5.84. The highest BCUT2D eigenvalue weighted by molar-refractivity contribution is 5.54. The molecule has 0 unspecified atom stereocenters. The van der Waals surface area contributed by atoms with Crippen LogP contribution < -0.4 is 5.32 Å². The van der Waals surface area contributed by atoms with Crippen molar-refractivity contribution in [2.45, 2.75) is 33.6 Å². The SMILES string of the molecule is Cc1cccc(Nc2nc(Cc3ccccc3C)nc(Cc3ccccc3C)n2)c1. The van der Waals surface area contributed by atoms with Crippen LogP contribution in [0.3, 0.4) is 0 Å². The molecule has 0 amide bonds. The van der Waals surface area contributed by atoms with E-state index in [-0.39, 0.29) is 0 Å². The molecular weight excluding hydrogens is 368 g/mol. The molecule has 4 aromatic rings. The molecule has 4 nitrogen and oxygen atoms in total. The van der Waals surface area contributed by atoms with Crippen molar-refractivity contribution >= 4 is 11.6 Å². The fourth-order valence-electron chi connectivity index (χ4n) is 3.49.